The van der Waals surface area contributed by atoms with Crippen LogP contribution in [0.25, 0.3) is 56.0 Å². The Kier molecular flexibility index (Phi) is 7.31. The number of aryl methyl sites for hydroxylation is 1. The number of benzene rings is 5. The van der Waals surface area contributed by atoms with Crippen LogP contribution in [0.4, 0.5) is 5.69 Å². The van der Waals surface area contributed by atoms with Crippen LogP contribution in [0.5, 0.6) is 0 Å². The van der Waals surface area contributed by atoms with Gasteiger partial charge in [0.05, 0.1) is 46.1 Å². The van der Waals surface area contributed by atoms with E-state index in [2.05, 4.69) is 170 Å². The van der Waals surface area contributed by atoms with Gasteiger partial charge in [0.25, 0.3) is 0 Å². The second-order valence-electron chi connectivity index (χ2n) is 14.8. The summed E-state index contributed by atoms with van der Waals surface area (Å²) in [7, 11) is 2.19. The summed E-state index contributed by atoms with van der Waals surface area (Å²) in [5.41, 5.74) is 15.6. The zero-order valence-electron chi connectivity index (χ0n) is 29.6. The predicted molar refractivity (Wildman–Crippen MR) is 216 cm³/mol. The van der Waals surface area contributed by atoms with E-state index < -0.39 is 0 Å². The molecule has 3 aliphatic rings. The largest absolute Gasteiger partial charge is 0.376 e. The molecule has 0 radical (unpaired) electrons. The van der Waals surface area contributed by atoms with Gasteiger partial charge in [0.2, 0.25) is 0 Å². The summed E-state index contributed by atoms with van der Waals surface area (Å²) in [6, 6.07) is 48.6. The molecule has 0 spiro atoms. The average molecular weight is 673 g/mol. The Labute approximate surface area is 305 Å². The van der Waals surface area contributed by atoms with E-state index >= 15 is 0 Å². The molecule has 4 heterocycles. The molecule has 1 N–H and O–H groups in total. The van der Waals surface area contributed by atoms with Gasteiger partial charge < -0.3 is 10.2 Å². The number of aromatic nitrogens is 2. The number of nitrogens with one attached hydrogen (secondary N) is 1. The lowest BCUT2D eigenvalue weighted by Gasteiger charge is -2.37. The highest BCUT2D eigenvalue weighted by Gasteiger charge is 2.32. The van der Waals surface area contributed by atoms with E-state index in [-0.39, 0.29) is 12.1 Å². The normalized spacial score (nSPS) is 19.3. The van der Waals surface area contributed by atoms with E-state index in [0.717, 1.165) is 58.4 Å². The summed E-state index contributed by atoms with van der Waals surface area (Å²) in [6.07, 6.45) is 7.78. The van der Waals surface area contributed by atoms with E-state index in [1.807, 2.05) is 0 Å². The molecule has 1 aliphatic carbocycles. The monoisotopic (exact) mass is 672 g/mol. The molecular weight excluding hydrogens is 633 g/mol. The standard InChI is InChI=1S/C48H40N4/c1-30-27-38-20-16-34-21-24-41(32-9-5-3-6-10-32)49-45(34)46(38)51-44(30)39-19-14-31-13-18-37(28-40(31)29-39)42-25-22-35-15-17-36-23-26-43(33-11-7-4-8-12-33)52(2)48(36)47(35)50-42/h3-15,17-19,21-26,28-30,43-44,51H,16,20,27H2,1-2H3. The van der Waals surface area contributed by atoms with Gasteiger partial charge in [0, 0.05) is 23.6 Å². The topological polar surface area (TPSA) is 41.1 Å². The van der Waals surface area contributed by atoms with Crippen LogP contribution in [-0.2, 0) is 6.42 Å². The number of rotatable bonds is 4. The van der Waals surface area contributed by atoms with Crippen molar-refractivity contribution >= 4 is 39.1 Å². The van der Waals surface area contributed by atoms with Crippen molar-refractivity contribution in [1.29, 1.82) is 0 Å². The minimum atomic E-state index is 0.162. The summed E-state index contributed by atoms with van der Waals surface area (Å²) in [4.78, 5) is 13.0. The summed E-state index contributed by atoms with van der Waals surface area (Å²) < 4.78 is 0. The highest BCUT2D eigenvalue weighted by Crippen LogP contribution is 2.43. The number of anilines is 1. The Balaban J connectivity index is 0.991. The number of allylic oxidation sites excluding steroid dienone is 1. The Bertz CT molecular complexity index is 2570. The van der Waals surface area contributed by atoms with Crippen LogP contribution in [0.15, 0.2) is 145 Å². The molecule has 0 bridgehead atoms. The Morgan fingerprint density at radius 3 is 2.27 bits per heavy atom. The summed E-state index contributed by atoms with van der Waals surface area (Å²) in [5.74, 6) is 0.470. The van der Waals surface area contributed by atoms with Crippen LogP contribution < -0.4 is 10.2 Å². The van der Waals surface area contributed by atoms with Crippen LogP contribution in [0, 0.1) is 5.92 Å². The fourth-order valence-electron chi connectivity index (χ4n) is 8.77. The highest BCUT2D eigenvalue weighted by molar-refractivity contribution is 5.98. The maximum atomic E-state index is 5.36. The number of nitrogens with zero attached hydrogens (tertiary/aromatic N) is 3. The van der Waals surface area contributed by atoms with Crippen molar-refractivity contribution in [2.45, 2.75) is 38.3 Å². The van der Waals surface area contributed by atoms with Crippen LogP contribution in [0.1, 0.15) is 59.8 Å². The van der Waals surface area contributed by atoms with Crippen LogP contribution in [0.3, 0.4) is 0 Å². The van der Waals surface area contributed by atoms with E-state index in [9.17, 15) is 0 Å². The van der Waals surface area contributed by atoms with Crippen LogP contribution >= 0.6 is 0 Å². The number of pyridine rings is 2. The lowest BCUT2D eigenvalue weighted by atomic mass is 9.79. The van der Waals surface area contributed by atoms with E-state index in [1.165, 1.54) is 50.0 Å². The van der Waals surface area contributed by atoms with Crippen molar-refractivity contribution in [1.82, 2.24) is 15.3 Å². The first-order valence-corrected chi connectivity index (χ1v) is 18.6. The van der Waals surface area contributed by atoms with Gasteiger partial charge in [-0.2, -0.15) is 0 Å². The quantitative estimate of drug-likeness (QED) is 0.202. The number of fused-ring (bicyclic) bond motifs is 6. The third-order valence-electron chi connectivity index (χ3n) is 11.5. The van der Waals surface area contributed by atoms with E-state index in [0.29, 0.717) is 5.92 Å². The molecular formula is C48H40N4. The molecule has 5 aromatic carbocycles. The predicted octanol–water partition coefficient (Wildman–Crippen LogP) is 11.3. The number of likely N-dealkylation sites (N-methyl/N-ethyl adjacent to an activating group) is 1. The Morgan fingerprint density at radius 1 is 0.654 bits per heavy atom. The Hall–Kier alpha value is -6.00. The summed E-state index contributed by atoms with van der Waals surface area (Å²) in [6.45, 7) is 2.39. The van der Waals surface area contributed by atoms with Gasteiger partial charge in [-0.1, -0.05) is 128 Å². The fraction of sp³-hybridized carbons (Fsp3) is 0.167. The minimum Gasteiger partial charge on any atom is -0.376 e. The van der Waals surface area contributed by atoms with E-state index in [4.69, 9.17) is 9.97 Å². The first-order valence-electron chi connectivity index (χ1n) is 18.6. The molecule has 0 fully saturated rings. The molecule has 4 heteroatoms. The van der Waals surface area contributed by atoms with Gasteiger partial charge in [-0.25, -0.2) is 9.97 Å². The number of hydrogen-bond donors (Lipinski definition) is 1. The van der Waals surface area contributed by atoms with Gasteiger partial charge in [0.1, 0.15) is 0 Å². The molecule has 0 saturated carbocycles. The highest BCUT2D eigenvalue weighted by atomic mass is 15.1. The smallest absolute Gasteiger partial charge is 0.0949 e. The third kappa shape index (κ3) is 5.21. The molecule has 3 unspecified atom stereocenters. The molecule has 4 nitrogen and oxygen atoms in total. The van der Waals surface area contributed by atoms with Crippen molar-refractivity contribution < 1.29 is 0 Å². The molecule has 3 atom stereocenters. The number of hydrogen-bond acceptors (Lipinski definition) is 4. The maximum Gasteiger partial charge on any atom is 0.0949 e. The lowest BCUT2D eigenvalue weighted by Crippen LogP contribution is -2.33. The second kappa shape index (κ2) is 12.3. The van der Waals surface area contributed by atoms with Crippen molar-refractivity contribution in [3.05, 3.63) is 173 Å². The Morgan fingerprint density at radius 2 is 1.40 bits per heavy atom. The van der Waals surface area contributed by atoms with Crippen molar-refractivity contribution in [2.24, 2.45) is 5.92 Å². The van der Waals surface area contributed by atoms with Gasteiger partial charge in [0.15, 0.2) is 0 Å². The minimum absolute atomic E-state index is 0.162. The van der Waals surface area contributed by atoms with Gasteiger partial charge in [-0.05, 0) is 88.0 Å². The second-order valence-corrected chi connectivity index (χ2v) is 14.8. The molecule has 10 rings (SSSR count). The van der Waals surface area contributed by atoms with Crippen molar-refractivity contribution in [2.75, 3.05) is 11.9 Å². The fourth-order valence-corrected chi connectivity index (χ4v) is 8.77. The molecule has 0 saturated heterocycles. The first kappa shape index (κ1) is 30.8. The molecule has 0 amide bonds. The molecule has 7 aromatic rings. The zero-order valence-corrected chi connectivity index (χ0v) is 29.6. The van der Waals surface area contributed by atoms with Crippen molar-refractivity contribution in [3.8, 4) is 22.5 Å². The van der Waals surface area contributed by atoms with Crippen LogP contribution in [-0.4, -0.2) is 17.0 Å². The average Bonchev–Trinajstić information content (AvgIpc) is 3.20. The maximum absolute atomic E-state index is 5.36. The lowest BCUT2D eigenvalue weighted by molar-refractivity contribution is 0.398. The molecule has 2 aromatic heterocycles. The SMILES string of the molecule is CC1CC2=C(NC1c1ccc3ccc(-c4ccc5ccc6c(c5n4)N(C)C(c4ccccc4)C=C6)cc3c1)c1nc(-c3ccccc3)ccc1CC2. The third-order valence-corrected chi connectivity index (χ3v) is 11.5. The van der Waals surface area contributed by atoms with Gasteiger partial charge in [-0.15, -0.1) is 0 Å². The zero-order chi connectivity index (χ0) is 34.8. The molecule has 252 valence electrons. The molecule has 52 heavy (non-hydrogen) atoms. The van der Waals surface area contributed by atoms with Crippen LogP contribution in [0.2, 0.25) is 0 Å². The van der Waals surface area contributed by atoms with Gasteiger partial charge >= 0.3 is 0 Å². The molecule has 2 aliphatic heterocycles. The van der Waals surface area contributed by atoms with Crippen molar-refractivity contribution in [3.63, 3.8) is 0 Å². The first-order chi connectivity index (χ1) is 25.6. The van der Waals surface area contributed by atoms with Gasteiger partial charge in [-0.3, -0.25) is 0 Å². The summed E-state index contributed by atoms with van der Waals surface area (Å²) in [5, 5.41) is 7.66. The summed E-state index contributed by atoms with van der Waals surface area (Å²) >= 11 is 0. The van der Waals surface area contributed by atoms with E-state index in [1.54, 1.807) is 0 Å².